The highest BCUT2D eigenvalue weighted by Gasteiger charge is 2.33. The van der Waals surface area contributed by atoms with E-state index >= 15 is 0 Å². The lowest BCUT2D eigenvalue weighted by Crippen LogP contribution is -2.29. The number of carboxylic acid groups (broad SMARTS) is 1. The molecule has 202 valence electrons. The van der Waals surface area contributed by atoms with Crippen LogP contribution in [0.1, 0.15) is 79.6 Å². The van der Waals surface area contributed by atoms with Gasteiger partial charge in [0, 0.05) is 17.9 Å². The average molecular weight is 523 g/mol. The SMILES string of the molecule is CC1(C)C=CC(C)(C)c2cc(C(=O)O)ccc21.COCOc1ccc2ccc3c(c2c1)CCC1=C3C=CCC1. The van der Waals surface area contributed by atoms with Gasteiger partial charge in [0.25, 0.3) is 0 Å². The standard InChI is InChI=1S/C20H20O2.C15H18O2/c1-21-13-22-16-9-6-15-8-10-18-17-5-3-2-4-14(17)7-11-19(18)20(15)12-16;1-14(2)7-8-15(3,4)12-9-10(13(16)17)5-6-11(12)14/h3,5-6,8-10,12H,2,4,7,11,13H2,1H3;5-9H,1-4H3,(H,16,17). The molecule has 4 nitrogen and oxygen atoms in total. The van der Waals surface area contributed by atoms with Gasteiger partial charge in [0.15, 0.2) is 6.79 Å². The fourth-order valence-corrected chi connectivity index (χ4v) is 5.99. The second-order valence-corrected chi connectivity index (χ2v) is 11.8. The van der Waals surface area contributed by atoms with E-state index in [1.54, 1.807) is 18.7 Å². The Morgan fingerprint density at radius 2 is 1.64 bits per heavy atom. The van der Waals surface area contributed by atoms with E-state index < -0.39 is 5.97 Å². The van der Waals surface area contributed by atoms with E-state index in [-0.39, 0.29) is 10.8 Å². The van der Waals surface area contributed by atoms with Gasteiger partial charge in [0.1, 0.15) is 5.75 Å². The lowest BCUT2D eigenvalue weighted by atomic mass is 9.68. The first-order valence-corrected chi connectivity index (χ1v) is 13.8. The highest BCUT2D eigenvalue weighted by Crippen LogP contribution is 2.42. The van der Waals surface area contributed by atoms with Crippen LogP contribution in [0.5, 0.6) is 5.75 Å². The molecule has 0 heterocycles. The van der Waals surface area contributed by atoms with Gasteiger partial charge in [-0.2, -0.15) is 0 Å². The van der Waals surface area contributed by atoms with Gasteiger partial charge in [-0.05, 0) is 88.5 Å². The van der Waals surface area contributed by atoms with Crippen LogP contribution in [-0.2, 0) is 22.0 Å². The molecule has 0 aromatic heterocycles. The second kappa shape index (κ2) is 10.5. The summed E-state index contributed by atoms with van der Waals surface area (Å²) >= 11 is 0. The van der Waals surface area contributed by atoms with Crippen LogP contribution in [0.15, 0.2) is 78.4 Å². The van der Waals surface area contributed by atoms with Crippen molar-refractivity contribution in [3.05, 3.63) is 106 Å². The van der Waals surface area contributed by atoms with Crippen molar-refractivity contribution in [2.45, 2.75) is 64.2 Å². The minimum Gasteiger partial charge on any atom is -0.478 e. The van der Waals surface area contributed by atoms with Crippen LogP contribution in [0, 0.1) is 0 Å². The number of carbonyl (C=O) groups is 1. The molecule has 0 atom stereocenters. The summed E-state index contributed by atoms with van der Waals surface area (Å²) in [5.41, 5.74) is 8.53. The molecule has 3 aliphatic rings. The van der Waals surface area contributed by atoms with Crippen LogP contribution in [0.2, 0.25) is 0 Å². The Morgan fingerprint density at radius 3 is 2.38 bits per heavy atom. The maximum Gasteiger partial charge on any atom is 0.335 e. The molecule has 0 unspecified atom stereocenters. The fourth-order valence-electron chi connectivity index (χ4n) is 5.99. The molecule has 4 heteroatoms. The molecular weight excluding hydrogens is 484 g/mol. The van der Waals surface area contributed by atoms with Gasteiger partial charge in [-0.25, -0.2) is 4.79 Å². The Morgan fingerprint density at radius 1 is 0.897 bits per heavy atom. The number of methoxy groups -OCH3 is 1. The summed E-state index contributed by atoms with van der Waals surface area (Å²) in [7, 11) is 1.65. The molecule has 0 saturated carbocycles. The molecule has 0 spiro atoms. The Labute approximate surface area is 231 Å². The van der Waals surface area contributed by atoms with Crippen LogP contribution in [0.4, 0.5) is 0 Å². The summed E-state index contributed by atoms with van der Waals surface area (Å²) in [5.74, 6) is 0.0117. The van der Waals surface area contributed by atoms with Gasteiger partial charge in [0.2, 0.25) is 0 Å². The summed E-state index contributed by atoms with van der Waals surface area (Å²) in [6, 6.07) is 16.3. The fraction of sp³-hybridized carbons (Fsp3) is 0.343. The number of carboxylic acids is 1. The number of aryl methyl sites for hydroxylation is 1. The number of hydrogen-bond donors (Lipinski definition) is 1. The minimum absolute atomic E-state index is 0.0259. The molecule has 0 bridgehead atoms. The van der Waals surface area contributed by atoms with E-state index in [4.69, 9.17) is 14.6 Å². The van der Waals surface area contributed by atoms with Crippen molar-refractivity contribution in [2.75, 3.05) is 13.9 Å². The van der Waals surface area contributed by atoms with Crippen molar-refractivity contribution in [3.8, 4) is 5.75 Å². The van der Waals surface area contributed by atoms with Gasteiger partial charge < -0.3 is 14.6 Å². The molecule has 3 aromatic carbocycles. The van der Waals surface area contributed by atoms with E-state index in [2.05, 4.69) is 76.3 Å². The first-order valence-electron chi connectivity index (χ1n) is 13.8. The minimum atomic E-state index is -0.865. The number of aromatic carboxylic acids is 1. The van der Waals surface area contributed by atoms with Crippen LogP contribution in [0.3, 0.4) is 0 Å². The third-order valence-electron chi connectivity index (χ3n) is 8.26. The monoisotopic (exact) mass is 522 g/mol. The Balaban J connectivity index is 0.000000164. The summed E-state index contributed by atoms with van der Waals surface area (Å²) < 4.78 is 10.6. The first-order chi connectivity index (χ1) is 18.6. The van der Waals surface area contributed by atoms with Crippen molar-refractivity contribution >= 4 is 22.3 Å². The molecule has 0 amide bonds. The molecule has 0 saturated heterocycles. The zero-order valence-electron chi connectivity index (χ0n) is 23.6. The van der Waals surface area contributed by atoms with Crippen molar-refractivity contribution in [1.82, 2.24) is 0 Å². The van der Waals surface area contributed by atoms with E-state index in [0.29, 0.717) is 12.4 Å². The second-order valence-electron chi connectivity index (χ2n) is 11.8. The zero-order valence-corrected chi connectivity index (χ0v) is 23.6. The Bertz CT molecular complexity index is 1520. The third kappa shape index (κ3) is 5.31. The average Bonchev–Trinajstić information content (AvgIpc) is 2.94. The summed E-state index contributed by atoms with van der Waals surface area (Å²) in [6.45, 7) is 8.82. The molecule has 1 N–H and O–H groups in total. The Hall–Kier alpha value is -3.63. The van der Waals surface area contributed by atoms with Gasteiger partial charge in [-0.1, -0.05) is 81.8 Å². The van der Waals surface area contributed by atoms with Crippen molar-refractivity contribution in [1.29, 1.82) is 0 Å². The highest BCUT2D eigenvalue weighted by atomic mass is 16.7. The van der Waals surface area contributed by atoms with Gasteiger partial charge in [-0.3, -0.25) is 0 Å². The summed E-state index contributed by atoms with van der Waals surface area (Å²) in [5, 5.41) is 11.7. The zero-order chi connectivity index (χ0) is 27.8. The number of hydrogen-bond acceptors (Lipinski definition) is 3. The van der Waals surface area contributed by atoms with Gasteiger partial charge in [-0.15, -0.1) is 0 Å². The first kappa shape index (κ1) is 27.0. The van der Waals surface area contributed by atoms with Crippen LogP contribution in [-0.4, -0.2) is 25.0 Å². The molecule has 6 rings (SSSR count). The maximum atomic E-state index is 11.0. The lowest BCUT2D eigenvalue weighted by molar-refractivity contribution is 0.0512. The maximum absolute atomic E-state index is 11.0. The molecule has 0 fully saturated rings. The largest absolute Gasteiger partial charge is 0.478 e. The normalized spacial score (nSPS) is 18.0. The quantitative estimate of drug-likeness (QED) is 0.276. The van der Waals surface area contributed by atoms with Gasteiger partial charge >= 0.3 is 5.97 Å². The van der Waals surface area contributed by atoms with Crippen LogP contribution >= 0.6 is 0 Å². The lowest BCUT2D eigenvalue weighted by Gasteiger charge is -2.36. The topological polar surface area (TPSA) is 55.8 Å². The molecule has 0 radical (unpaired) electrons. The number of ether oxygens (including phenoxy) is 2. The third-order valence-corrected chi connectivity index (χ3v) is 8.26. The van der Waals surface area contributed by atoms with Crippen molar-refractivity contribution < 1.29 is 19.4 Å². The van der Waals surface area contributed by atoms with E-state index in [0.717, 1.165) is 17.7 Å². The molecule has 3 aromatic rings. The number of fused-ring (bicyclic) bond motifs is 5. The van der Waals surface area contributed by atoms with Crippen LogP contribution < -0.4 is 4.74 Å². The summed E-state index contributed by atoms with van der Waals surface area (Å²) in [6.07, 6.45) is 13.7. The van der Waals surface area contributed by atoms with Crippen LogP contribution in [0.25, 0.3) is 16.3 Å². The van der Waals surface area contributed by atoms with Crippen molar-refractivity contribution in [2.24, 2.45) is 0 Å². The molecule has 3 aliphatic carbocycles. The van der Waals surface area contributed by atoms with Crippen molar-refractivity contribution in [3.63, 3.8) is 0 Å². The van der Waals surface area contributed by atoms with E-state index in [1.807, 2.05) is 18.2 Å². The molecule has 39 heavy (non-hydrogen) atoms. The smallest absolute Gasteiger partial charge is 0.335 e. The van der Waals surface area contributed by atoms with E-state index in [9.17, 15) is 4.79 Å². The summed E-state index contributed by atoms with van der Waals surface area (Å²) in [4.78, 5) is 11.0. The highest BCUT2D eigenvalue weighted by molar-refractivity contribution is 5.94. The molecular formula is C35H38O4. The molecule has 0 aliphatic heterocycles. The predicted molar refractivity (Wildman–Crippen MR) is 159 cm³/mol. The number of allylic oxidation sites excluding steroid dienone is 6. The number of rotatable bonds is 4. The Kier molecular flexibility index (Phi) is 7.26. The predicted octanol–water partition coefficient (Wildman–Crippen LogP) is 8.38. The van der Waals surface area contributed by atoms with E-state index in [1.165, 1.54) is 52.3 Å². The number of benzene rings is 3. The van der Waals surface area contributed by atoms with Gasteiger partial charge in [0.05, 0.1) is 5.56 Å².